The van der Waals surface area contributed by atoms with Crippen LogP contribution in [-0.2, 0) is 12.8 Å². The summed E-state index contributed by atoms with van der Waals surface area (Å²) in [5.74, 6) is 2.53. The molecule has 2 heterocycles. The van der Waals surface area contributed by atoms with Gasteiger partial charge in [0.05, 0.1) is 19.2 Å². The molecule has 1 saturated carbocycles. The number of benzene rings is 1. The monoisotopic (exact) mass is 451 g/mol. The molecule has 0 spiro atoms. The van der Waals surface area contributed by atoms with Gasteiger partial charge in [0.2, 0.25) is 0 Å². The van der Waals surface area contributed by atoms with E-state index < -0.39 is 0 Å². The minimum atomic E-state index is 0.718. The SMILES string of the molecule is COc1cc2c(NCCC3CCCCC3)c3c(nc2cc1OCCCN1CCCC1)CCC3. The van der Waals surface area contributed by atoms with Crippen LogP contribution in [0.4, 0.5) is 5.69 Å². The number of nitrogens with one attached hydrogen (secondary N) is 1. The van der Waals surface area contributed by atoms with Gasteiger partial charge in [-0.15, -0.1) is 0 Å². The largest absolute Gasteiger partial charge is 0.493 e. The zero-order valence-corrected chi connectivity index (χ0v) is 20.5. The van der Waals surface area contributed by atoms with Crippen LogP contribution in [0.15, 0.2) is 12.1 Å². The first-order chi connectivity index (χ1) is 16.3. The molecule has 5 heteroatoms. The number of anilines is 1. The van der Waals surface area contributed by atoms with Gasteiger partial charge in [-0.2, -0.15) is 0 Å². The summed E-state index contributed by atoms with van der Waals surface area (Å²) >= 11 is 0. The fraction of sp³-hybridized carbons (Fsp3) is 0.679. The maximum Gasteiger partial charge on any atom is 0.163 e. The van der Waals surface area contributed by atoms with Crippen molar-refractivity contribution >= 4 is 16.6 Å². The number of hydrogen-bond donors (Lipinski definition) is 1. The summed E-state index contributed by atoms with van der Waals surface area (Å²) in [5.41, 5.74) is 5.02. The Morgan fingerprint density at radius 2 is 1.85 bits per heavy atom. The van der Waals surface area contributed by atoms with Crippen molar-refractivity contribution in [2.75, 3.05) is 45.2 Å². The van der Waals surface area contributed by atoms with E-state index in [-0.39, 0.29) is 0 Å². The fourth-order valence-electron chi connectivity index (χ4n) is 6.10. The van der Waals surface area contributed by atoms with Crippen LogP contribution in [0.5, 0.6) is 11.5 Å². The van der Waals surface area contributed by atoms with Crippen LogP contribution in [0.3, 0.4) is 0 Å². The van der Waals surface area contributed by atoms with Gasteiger partial charge in [-0.05, 0) is 75.6 Å². The standard InChI is InChI=1S/C28H41N3O2/c1-32-26-19-23-25(20-27(26)33-18-8-17-31-15-5-6-16-31)30-24-12-7-11-22(24)28(23)29-14-13-21-9-3-2-4-10-21/h19-21H,2-18H2,1H3,(H,29,30). The van der Waals surface area contributed by atoms with E-state index in [4.69, 9.17) is 14.5 Å². The van der Waals surface area contributed by atoms with Crippen LogP contribution in [-0.4, -0.2) is 49.8 Å². The lowest BCUT2D eigenvalue weighted by molar-refractivity contribution is 0.254. The van der Waals surface area contributed by atoms with Crippen LogP contribution >= 0.6 is 0 Å². The van der Waals surface area contributed by atoms with Gasteiger partial charge in [0.15, 0.2) is 11.5 Å². The van der Waals surface area contributed by atoms with Crippen molar-refractivity contribution in [1.82, 2.24) is 9.88 Å². The molecule has 1 aromatic carbocycles. The van der Waals surface area contributed by atoms with Crippen molar-refractivity contribution in [3.05, 3.63) is 23.4 Å². The average Bonchev–Trinajstić information content (AvgIpc) is 3.54. The van der Waals surface area contributed by atoms with E-state index in [0.29, 0.717) is 0 Å². The summed E-state index contributed by atoms with van der Waals surface area (Å²) in [6.07, 6.45) is 15.5. The number of aromatic nitrogens is 1. The quantitative estimate of drug-likeness (QED) is 0.450. The number of hydrogen-bond acceptors (Lipinski definition) is 5. The summed E-state index contributed by atoms with van der Waals surface area (Å²) < 4.78 is 12.0. The van der Waals surface area contributed by atoms with Gasteiger partial charge in [0.25, 0.3) is 0 Å². The van der Waals surface area contributed by atoms with E-state index in [0.717, 1.165) is 61.9 Å². The van der Waals surface area contributed by atoms with Crippen LogP contribution in [0.2, 0.25) is 0 Å². The highest BCUT2D eigenvalue weighted by atomic mass is 16.5. The molecule has 0 radical (unpaired) electrons. The predicted molar refractivity (Wildman–Crippen MR) is 136 cm³/mol. The number of likely N-dealkylation sites (tertiary alicyclic amines) is 1. The normalized spacial score (nSPS) is 19.2. The fourth-order valence-corrected chi connectivity index (χ4v) is 6.10. The number of rotatable bonds is 10. The molecule has 2 fully saturated rings. The molecular formula is C28H41N3O2. The Labute approximate surface area is 199 Å². The van der Waals surface area contributed by atoms with E-state index in [9.17, 15) is 0 Å². The van der Waals surface area contributed by atoms with E-state index >= 15 is 0 Å². The van der Waals surface area contributed by atoms with Gasteiger partial charge < -0.3 is 19.7 Å². The molecule has 180 valence electrons. The molecule has 1 saturated heterocycles. The lowest BCUT2D eigenvalue weighted by atomic mass is 9.87. The molecule has 0 unspecified atom stereocenters. The Morgan fingerprint density at radius 3 is 2.67 bits per heavy atom. The van der Waals surface area contributed by atoms with Gasteiger partial charge in [-0.1, -0.05) is 32.1 Å². The van der Waals surface area contributed by atoms with E-state index in [1.165, 1.54) is 93.2 Å². The summed E-state index contributed by atoms with van der Waals surface area (Å²) in [7, 11) is 1.75. The van der Waals surface area contributed by atoms with Crippen molar-refractivity contribution in [2.45, 2.75) is 77.0 Å². The third kappa shape index (κ3) is 5.40. The smallest absolute Gasteiger partial charge is 0.163 e. The van der Waals surface area contributed by atoms with E-state index in [1.807, 2.05) is 0 Å². The summed E-state index contributed by atoms with van der Waals surface area (Å²) in [4.78, 5) is 7.60. The molecule has 0 bridgehead atoms. The Balaban J connectivity index is 1.31. The second kappa shape index (κ2) is 10.9. The first-order valence-electron chi connectivity index (χ1n) is 13.4. The number of aryl methyl sites for hydroxylation is 1. The van der Waals surface area contributed by atoms with E-state index in [1.54, 1.807) is 7.11 Å². The number of pyridine rings is 1. The van der Waals surface area contributed by atoms with Gasteiger partial charge in [-0.25, -0.2) is 0 Å². The number of methoxy groups -OCH3 is 1. The Kier molecular flexibility index (Phi) is 7.55. The van der Waals surface area contributed by atoms with Crippen molar-refractivity contribution in [3.63, 3.8) is 0 Å². The molecule has 3 aliphatic rings. The number of ether oxygens (including phenoxy) is 2. The zero-order chi connectivity index (χ0) is 22.5. The molecule has 1 N–H and O–H groups in total. The molecule has 1 aromatic heterocycles. The second-order valence-corrected chi connectivity index (χ2v) is 10.3. The lowest BCUT2D eigenvalue weighted by Gasteiger charge is -2.23. The summed E-state index contributed by atoms with van der Waals surface area (Å²) in [6.45, 7) is 5.37. The molecule has 0 atom stereocenters. The van der Waals surface area contributed by atoms with Crippen molar-refractivity contribution in [2.24, 2.45) is 5.92 Å². The van der Waals surface area contributed by atoms with Crippen LogP contribution in [0, 0.1) is 5.92 Å². The van der Waals surface area contributed by atoms with Crippen LogP contribution in [0.25, 0.3) is 10.9 Å². The minimum absolute atomic E-state index is 0.718. The Morgan fingerprint density at radius 1 is 1.00 bits per heavy atom. The molecule has 2 aromatic rings. The highest BCUT2D eigenvalue weighted by Crippen LogP contribution is 2.40. The van der Waals surface area contributed by atoms with Crippen molar-refractivity contribution in [3.8, 4) is 11.5 Å². The lowest BCUT2D eigenvalue weighted by Crippen LogP contribution is -2.21. The van der Waals surface area contributed by atoms with Gasteiger partial charge >= 0.3 is 0 Å². The summed E-state index contributed by atoms with van der Waals surface area (Å²) in [6, 6.07) is 4.26. The third-order valence-electron chi connectivity index (χ3n) is 7.95. The highest BCUT2D eigenvalue weighted by Gasteiger charge is 2.22. The van der Waals surface area contributed by atoms with Crippen LogP contribution in [0.1, 0.15) is 75.5 Å². The van der Waals surface area contributed by atoms with Crippen molar-refractivity contribution < 1.29 is 9.47 Å². The molecule has 5 rings (SSSR count). The van der Waals surface area contributed by atoms with Crippen LogP contribution < -0.4 is 14.8 Å². The van der Waals surface area contributed by atoms with Crippen molar-refractivity contribution in [1.29, 1.82) is 0 Å². The number of nitrogens with zero attached hydrogens (tertiary/aromatic N) is 2. The Hall–Kier alpha value is -2.01. The van der Waals surface area contributed by atoms with Gasteiger partial charge in [0.1, 0.15) is 0 Å². The molecule has 5 nitrogen and oxygen atoms in total. The molecule has 1 aliphatic heterocycles. The predicted octanol–water partition coefficient (Wildman–Crippen LogP) is 5.98. The zero-order valence-electron chi connectivity index (χ0n) is 20.5. The molecule has 33 heavy (non-hydrogen) atoms. The molecular weight excluding hydrogens is 410 g/mol. The maximum atomic E-state index is 6.20. The second-order valence-electron chi connectivity index (χ2n) is 10.3. The Bertz CT molecular complexity index is 933. The third-order valence-corrected chi connectivity index (χ3v) is 7.95. The first-order valence-corrected chi connectivity index (χ1v) is 13.4. The molecule has 0 amide bonds. The molecule has 2 aliphatic carbocycles. The van der Waals surface area contributed by atoms with E-state index in [2.05, 4.69) is 22.3 Å². The maximum absolute atomic E-state index is 6.20. The highest BCUT2D eigenvalue weighted by molar-refractivity contribution is 5.96. The topological polar surface area (TPSA) is 46.6 Å². The summed E-state index contributed by atoms with van der Waals surface area (Å²) in [5, 5.41) is 5.03. The first kappa shape index (κ1) is 22.8. The average molecular weight is 452 g/mol. The number of fused-ring (bicyclic) bond motifs is 2. The van der Waals surface area contributed by atoms with Gasteiger partial charge in [-0.3, -0.25) is 4.98 Å². The van der Waals surface area contributed by atoms with Gasteiger partial charge in [0, 0.05) is 35.9 Å². The minimum Gasteiger partial charge on any atom is -0.493 e.